The van der Waals surface area contributed by atoms with E-state index in [2.05, 4.69) is 0 Å². The maximum absolute atomic E-state index is 11.4. The number of hydrogen-bond donors (Lipinski definition) is 1. The first-order chi connectivity index (χ1) is 6.65. The van der Waals surface area contributed by atoms with Crippen molar-refractivity contribution in [3.05, 3.63) is 0 Å². The molecule has 5 nitrogen and oxygen atoms in total. The van der Waals surface area contributed by atoms with Crippen molar-refractivity contribution in [2.24, 2.45) is 5.73 Å². The molecule has 80 valence electrons. The molecule has 0 radical (unpaired) electrons. The maximum atomic E-state index is 11.4. The lowest BCUT2D eigenvalue weighted by atomic mass is 10.2. The van der Waals surface area contributed by atoms with Crippen LogP contribution < -0.4 is 5.73 Å². The van der Waals surface area contributed by atoms with Gasteiger partial charge >= 0.3 is 0 Å². The number of nitrogens with two attached hydrogens (primary N) is 1. The van der Waals surface area contributed by atoms with E-state index < -0.39 is 0 Å². The Morgan fingerprint density at radius 3 is 3.07 bits per heavy atom. The molecule has 0 aromatic rings. The highest BCUT2D eigenvalue weighted by atomic mass is 32.1. The number of ether oxygens (including phenoxy) is 2. The fourth-order valence-corrected chi connectivity index (χ4v) is 1.41. The first-order valence-corrected chi connectivity index (χ1v) is 4.73. The summed E-state index contributed by atoms with van der Waals surface area (Å²) < 4.78 is 10.1. The molecule has 1 unspecified atom stereocenters. The van der Waals surface area contributed by atoms with Crippen LogP contribution >= 0.6 is 12.2 Å². The normalized spacial score (nSPS) is 22.1. The quantitative estimate of drug-likeness (QED) is 0.625. The zero-order valence-electron chi connectivity index (χ0n) is 8.06. The Kier molecular flexibility index (Phi) is 4.24. The number of rotatable bonds is 3. The Labute approximate surface area is 88.1 Å². The van der Waals surface area contributed by atoms with Gasteiger partial charge in [0.05, 0.1) is 13.2 Å². The fourth-order valence-electron chi connectivity index (χ4n) is 1.26. The minimum absolute atomic E-state index is 0.0583. The fraction of sp³-hybridized carbons (Fsp3) is 0.750. The largest absolute Gasteiger partial charge is 0.391 e. The Hall–Kier alpha value is -0.720. The Morgan fingerprint density at radius 1 is 1.79 bits per heavy atom. The highest BCUT2D eigenvalue weighted by molar-refractivity contribution is 7.80. The molecular weight excluding hydrogens is 204 g/mol. The molecular formula is C8H14N2O3S. The van der Waals surface area contributed by atoms with Gasteiger partial charge in [-0.3, -0.25) is 4.79 Å². The number of thiocarbonyl (C=S) groups is 1. The number of methoxy groups -OCH3 is 1. The van der Waals surface area contributed by atoms with E-state index in [-0.39, 0.29) is 18.6 Å². The van der Waals surface area contributed by atoms with Gasteiger partial charge in [-0.15, -0.1) is 0 Å². The van der Waals surface area contributed by atoms with E-state index in [1.165, 1.54) is 7.11 Å². The third kappa shape index (κ3) is 2.90. The predicted molar refractivity (Wildman–Crippen MR) is 55.0 cm³/mol. The van der Waals surface area contributed by atoms with Crippen LogP contribution in [-0.2, 0) is 14.3 Å². The summed E-state index contributed by atoms with van der Waals surface area (Å²) in [5.41, 5.74) is 5.44. The highest BCUT2D eigenvalue weighted by Gasteiger charge is 2.25. The van der Waals surface area contributed by atoms with Crippen molar-refractivity contribution < 1.29 is 14.3 Å². The molecule has 1 saturated heterocycles. The minimum Gasteiger partial charge on any atom is -0.391 e. The summed E-state index contributed by atoms with van der Waals surface area (Å²) in [4.78, 5) is 13.4. The van der Waals surface area contributed by atoms with Crippen molar-refractivity contribution >= 4 is 23.1 Å². The van der Waals surface area contributed by atoms with Crippen LogP contribution in [-0.4, -0.2) is 55.3 Å². The van der Waals surface area contributed by atoms with Crippen molar-refractivity contribution in [2.45, 2.75) is 6.10 Å². The average Bonchev–Trinajstić information content (AvgIpc) is 2.18. The number of amides is 1. The van der Waals surface area contributed by atoms with E-state index in [0.717, 1.165) is 0 Å². The second-order valence-corrected chi connectivity index (χ2v) is 3.51. The minimum atomic E-state index is -0.320. The Morgan fingerprint density at radius 2 is 2.50 bits per heavy atom. The topological polar surface area (TPSA) is 64.8 Å². The molecule has 14 heavy (non-hydrogen) atoms. The zero-order chi connectivity index (χ0) is 10.6. The summed E-state index contributed by atoms with van der Waals surface area (Å²) in [7, 11) is 1.49. The first-order valence-electron chi connectivity index (χ1n) is 4.32. The van der Waals surface area contributed by atoms with Gasteiger partial charge in [-0.05, 0) is 0 Å². The van der Waals surface area contributed by atoms with Crippen molar-refractivity contribution in [3.8, 4) is 0 Å². The molecule has 0 aliphatic carbocycles. The van der Waals surface area contributed by atoms with E-state index in [4.69, 9.17) is 27.4 Å². The number of nitrogens with zero attached hydrogens (tertiary/aromatic N) is 1. The number of carbonyl (C=O) groups is 1. The van der Waals surface area contributed by atoms with Crippen molar-refractivity contribution in [3.63, 3.8) is 0 Å². The van der Waals surface area contributed by atoms with Crippen molar-refractivity contribution in [1.29, 1.82) is 0 Å². The number of carbonyl (C=O) groups excluding carboxylic acids is 1. The van der Waals surface area contributed by atoms with Gasteiger partial charge in [-0.1, -0.05) is 12.2 Å². The predicted octanol–water partition coefficient (Wildman–Crippen LogP) is -0.854. The van der Waals surface area contributed by atoms with Gasteiger partial charge in [0.2, 0.25) is 5.91 Å². The molecule has 0 saturated carbocycles. The Bertz CT molecular complexity index is 235. The lowest BCUT2D eigenvalue weighted by molar-refractivity contribution is -0.140. The van der Waals surface area contributed by atoms with Crippen LogP contribution in [0.3, 0.4) is 0 Å². The number of hydrogen-bond acceptors (Lipinski definition) is 4. The molecule has 2 N–H and O–H groups in total. The van der Waals surface area contributed by atoms with Crippen LogP contribution in [0, 0.1) is 0 Å². The van der Waals surface area contributed by atoms with Gasteiger partial charge in [0.25, 0.3) is 0 Å². The molecule has 6 heteroatoms. The van der Waals surface area contributed by atoms with Gasteiger partial charge in [0, 0.05) is 13.7 Å². The van der Waals surface area contributed by atoms with Gasteiger partial charge in [-0.25, -0.2) is 0 Å². The molecule has 1 amide bonds. The zero-order valence-corrected chi connectivity index (χ0v) is 8.88. The van der Waals surface area contributed by atoms with Crippen LogP contribution in [0.1, 0.15) is 0 Å². The lowest BCUT2D eigenvalue weighted by Crippen LogP contribution is -2.50. The van der Waals surface area contributed by atoms with E-state index in [1.54, 1.807) is 4.90 Å². The number of morpholine rings is 1. The van der Waals surface area contributed by atoms with E-state index >= 15 is 0 Å². The summed E-state index contributed by atoms with van der Waals surface area (Å²) in [5, 5.41) is 0. The van der Waals surface area contributed by atoms with Gasteiger partial charge < -0.3 is 20.1 Å². The molecule has 0 bridgehead atoms. The Balaban J connectivity index is 2.47. The van der Waals surface area contributed by atoms with E-state index in [9.17, 15) is 4.79 Å². The van der Waals surface area contributed by atoms with Crippen LogP contribution in [0.2, 0.25) is 0 Å². The van der Waals surface area contributed by atoms with Gasteiger partial charge in [0.1, 0.15) is 17.7 Å². The molecule has 1 heterocycles. The second kappa shape index (κ2) is 5.23. The van der Waals surface area contributed by atoms with Crippen LogP contribution in [0.5, 0.6) is 0 Å². The molecule has 0 spiro atoms. The molecule has 1 aliphatic rings. The molecule has 1 aliphatic heterocycles. The summed E-state index contributed by atoms with van der Waals surface area (Å²) in [6.45, 7) is 1.56. The standard InChI is InChI=1S/C8H14N2O3S/c1-12-5-7(11)10-2-3-13-6(4-10)8(9)14/h6H,2-5H2,1H3,(H2,9,14). The molecule has 1 rings (SSSR count). The molecule has 0 aromatic carbocycles. The lowest BCUT2D eigenvalue weighted by Gasteiger charge is -2.32. The third-order valence-electron chi connectivity index (χ3n) is 2.00. The summed E-state index contributed by atoms with van der Waals surface area (Å²) in [5.74, 6) is -0.0583. The van der Waals surface area contributed by atoms with E-state index in [1.807, 2.05) is 0 Å². The summed E-state index contributed by atoms with van der Waals surface area (Å²) in [6.07, 6.45) is -0.320. The van der Waals surface area contributed by atoms with Gasteiger partial charge in [0.15, 0.2) is 0 Å². The average molecular weight is 218 g/mol. The molecule has 1 atom stereocenters. The molecule has 1 fully saturated rings. The van der Waals surface area contributed by atoms with Crippen molar-refractivity contribution in [1.82, 2.24) is 4.90 Å². The van der Waals surface area contributed by atoms with E-state index in [0.29, 0.717) is 24.7 Å². The molecule has 0 aromatic heterocycles. The summed E-state index contributed by atoms with van der Waals surface area (Å²) >= 11 is 4.80. The van der Waals surface area contributed by atoms with Crippen molar-refractivity contribution in [2.75, 3.05) is 33.4 Å². The monoisotopic (exact) mass is 218 g/mol. The SMILES string of the molecule is COCC(=O)N1CCOC(C(N)=S)C1. The maximum Gasteiger partial charge on any atom is 0.248 e. The van der Waals surface area contributed by atoms with Crippen LogP contribution in [0.15, 0.2) is 0 Å². The smallest absolute Gasteiger partial charge is 0.248 e. The second-order valence-electron chi connectivity index (χ2n) is 3.03. The van der Waals surface area contributed by atoms with Gasteiger partial charge in [-0.2, -0.15) is 0 Å². The highest BCUT2D eigenvalue weighted by Crippen LogP contribution is 2.05. The van der Waals surface area contributed by atoms with Crippen LogP contribution in [0.25, 0.3) is 0 Å². The first kappa shape index (κ1) is 11.4. The third-order valence-corrected chi connectivity index (χ3v) is 2.27. The summed E-state index contributed by atoms with van der Waals surface area (Å²) in [6, 6.07) is 0. The van der Waals surface area contributed by atoms with Crippen LogP contribution in [0.4, 0.5) is 0 Å².